The van der Waals surface area contributed by atoms with Crippen LogP contribution >= 0.6 is 12.2 Å². The van der Waals surface area contributed by atoms with E-state index in [-0.39, 0.29) is 6.04 Å². The van der Waals surface area contributed by atoms with Crippen molar-refractivity contribution in [2.24, 2.45) is 0 Å². The Labute approximate surface area is 189 Å². The van der Waals surface area contributed by atoms with Crippen LogP contribution in [0.1, 0.15) is 54.5 Å². The molecule has 2 aromatic carbocycles. The van der Waals surface area contributed by atoms with Crippen molar-refractivity contribution in [1.82, 2.24) is 20.4 Å². The molecule has 0 bridgehead atoms. The molecule has 31 heavy (non-hydrogen) atoms. The lowest BCUT2D eigenvalue weighted by atomic mass is 9.92. The molecular weight excluding hydrogens is 404 g/mol. The quantitative estimate of drug-likeness (QED) is 0.519. The van der Waals surface area contributed by atoms with Crippen LogP contribution in [-0.2, 0) is 0 Å². The molecular formula is C25H28N4OS. The fourth-order valence-electron chi connectivity index (χ4n) is 3.98. The topological polar surface area (TPSA) is 54.2 Å². The molecule has 0 spiro atoms. The van der Waals surface area contributed by atoms with Crippen molar-refractivity contribution in [1.29, 1.82) is 0 Å². The zero-order valence-corrected chi connectivity index (χ0v) is 19.5. The van der Waals surface area contributed by atoms with E-state index in [2.05, 4.69) is 80.3 Å². The fraction of sp³-hybridized carbons (Fsp3) is 0.320. The Bertz CT molecular complexity index is 1160. The molecule has 1 aliphatic rings. The van der Waals surface area contributed by atoms with Crippen LogP contribution in [-0.4, -0.2) is 26.7 Å². The molecule has 0 amide bonds. The highest BCUT2D eigenvalue weighted by molar-refractivity contribution is 7.80. The van der Waals surface area contributed by atoms with Crippen LogP contribution in [0.3, 0.4) is 0 Å². The van der Waals surface area contributed by atoms with Crippen molar-refractivity contribution in [2.75, 3.05) is 6.54 Å². The molecule has 0 fully saturated rings. The second-order valence-electron chi connectivity index (χ2n) is 8.17. The SMILES string of the molecule is CCCN1C(=S)NC(c2ccc(C)c(C)c2)C(c2nc(-c3cccc(C)c3)no2)=C1C. The van der Waals surface area contributed by atoms with Gasteiger partial charge < -0.3 is 14.7 Å². The zero-order chi connectivity index (χ0) is 22.1. The highest BCUT2D eigenvalue weighted by atomic mass is 32.1. The fourth-order valence-corrected chi connectivity index (χ4v) is 4.33. The number of nitrogens with one attached hydrogen (secondary N) is 1. The van der Waals surface area contributed by atoms with Gasteiger partial charge in [-0.1, -0.05) is 54.0 Å². The normalized spacial score (nSPS) is 16.6. The van der Waals surface area contributed by atoms with Gasteiger partial charge in [0.25, 0.3) is 5.89 Å². The first-order valence-corrected chi connectivity index (χ1v) is 11.1. The van der Waals surface area contributed by atoms with Gasteiger partial charge in [0, 0.05) is 17.8 Å². The van der Waals surface area contributed by atoms with Gasteiger partial charge in [-0.15, -0.1) is 0 Å². The minimum Gasteiger partial charge on any atom is -0.351 e. The lowest BCUT2D eigenvalue weighted by Crippen LogP contribution is -2.46. The van der Waals surface area contributed by atoms with Gasteiger partial charge in [-0.3, -0.25) is 0 Å². The molecule has 0 saturated carbocycles. The van der Waals surface area contributed by atoms with Gasteiger partial charge in [0.15, 0.2) is 5.11 Å². The van der Waals surface area contributed by atoms with E-state index in [0.29, 0.717) is 11.7 Å². The van der Waals surface area contributed by atoms with E-state index >= 15 is 0 Å². The molecule has 0 radical (unpaired) electrons. The maximum atomic E-state index is 5.81. The van der Waals surface area contributed by atoms with Gasteiger partial charge >= 0.3 is 0 Å². The summed E-state index contributed by atoms with van der Waals surface area (Å²) in [6.45, 7) is 11.4. The van der Waals surface area contributed by atoms with Crippen molar-refractivity contribution >= 4 is 22.9 Å². The third kappa shape index (κ3) is 4.12. The number of benzene rings is 2. The molecule has 1 N–H and O–H groups in total. The summed E-state index contributed by atoms with van der Waals surface area (Å²) < 4.78 is 5.81. The van der Waals surface area contributed by atoms with Gasteiger partial charge in [0.05, 0.1) is 11.6 Å². The van der Waals surface area contributed by atoms with Crippen LogP contribution < -0.4 is 5.32 Å². The smallest absolute Gasteiger partial charge is 0.258 e. The molecule has 0 saturated heterocycles. The van der Waals surface area contributed by atoms with E-state index in [9.17, 15) is 0 Å². The van der Waals surface area contributed by atoms with Crippen LogP contribution in [0.25, 0.3) is 17.0 Å². The summed E-state index contributed by atoms with van der Waals surface area (Å²) in [4.78, 5) is 6.91. The molecule has 0 aliphatic carbocycles. The van der Waals surface area contributed by atoms with Crippen LogP contribution in [0.15, 0.2) is 52.7 Å². The number of rotatable bonds is 5. The number of aryl methyl sites for hydroxylation is 3. The van der Waals surface area contributed by atoms with Gasteiger partial charge in [0.1, 0.15) is 0 Å². The van der Waals surface area contributed by atoms with Crippen molar-refractivity contribution in [3.63, 3.8) is 0 Å². The Kier molecular flexibility index (Phi) is 5.92. The third-order valence-electron chi connectivity index (χ3n) is 5.84. The number of nitrogens with zero attached hydrogens (tertiary/aromatic N) is 3. The molecule has 160 valence electrons. The average molecular weight is 433 g/mol. The minimum absolute atomic E-state index is 0.147. The third-order valence-corrected chi connectivity index (χ3v) is 6.18. The number of hydrogen-bond donors (Lipinski definition) is 1. The second kappa shape index (κ2) is 8.63. The Morgan fingerprint density at radius 2 is 1.87 bits per heavy atom. The van der Waals surface area contributed by atoms with E-state index in [1.165, 1.54) is 11.1 Å². The first kappa shape index (κ1) is 21.2. The summed E-state index contributed by atoms with van der Waals surface area (Å²) in [5, 5.41) is 8.54. The van der Waals surface area contributed by atoms with Gasteiger partial charge in [0.2, 0.25) is 5.82 Å². The monoisotopic (exact) mass is 432 g/mol. The van der Waals surface area contributed by atoms with Gasteiger partial charge in [-0.2, -0.15) is 4.98 Å². The van der Waals surface area contributed by atoms with Crippen molar-refractivity contribution in [3.05, 3.63) is 76.3 Å². The summed E-state index contributed by atoms with van der Waals surface area (Å²) in [6.07, 6.45) is 0.985. The van der Waals surface area contributed by atoms with Crippen molar-refractivity contribution in [2.45, 2.75) is 47.1 Å². The van der Waals surface area contributed by atoms with Crippen molar-refractivity contribution < 1.29 is 4.52 Å². The molecule has 1 aliphatic heterocycles. The molecule has 4 rings (SSSR count). The minimum atomic E-state index is -0.147. The lowest BCUT2D eigenvalue weighted by molar-refractivity contribution is 0.396. The Morgan fingerprint density at radius 3 is 2.58 bits per heavy atom. The number of allylic oxidation sites excluding steroid dienone is 1. The van der Waals surface area contributed by atoms with E-state index in [4.69, 9.17) is 21.7 Å². The Morgan fingerprint density at radius 1 is 1.06 bits per heavy atom. The standard InChI is InChI=1S/C25H28N4OS/c1-6-12-29-18(5)21(22(26-25(29)31)19-11-10-16(3)17(4)14-19)24-27-23(28-30-24)20-9-7-8-15(2)13-20/h7-11,13-14,22H,6,12H2,1-5H3,(H,26,31). The predicted molar refractivity (Wildman–Crippen MR) is 128 cm³/mol. The summed E-state index contributed by atoms with van der Waals surface area (Å²) in [6, 6.07) is 14.5. The predicted octanol–water partition coefficient (Wildman–Crippen LogP) is 5.73. The lowest BCUT2D eigenvalue weighted by Gasteiger charge is -2.37. The molecule has 1 atom stereocenters. The second-order valence-corrected chi connectivity index (χ2v) is 8.56. The largest absolute Gasteiger partial charge is 0.351 e. The first-order valence-electron chi connectivity index (χ1n) is 10.7. The van der Waals surface area contributed by atoms with Crippen LogP contribution in [0.2, 0.25) is 0 Å². The van der Waals surface area contributed by atoms with Crippen LogP contribution in [0.4, 0.5) is 0 Å². The van der Waals surface area contributed by atoms with Gasteiger partial charge in [-0.05, 0) is 69.1 Å². The zero-order valence-electron chi connectivity index (χ0n) is 18.7. The average Bonchev–Trinajstić information content (AvgIpc) is 3.22. The maximum absolute atomic E-state index is 5.81. The number of thiocarbonyl (C=S) groups is 1. The van der Waals surface area contributed by atoms with Crippen molar-refractivity contribution in [3.8, 4) is 11.4 Å². The molecule has 3 aromatic rings. The Balaban J connectivity index is 1.83. The molecule has 1 unspecified atom stereocenters. The highest BCUT2D eigenvalue weighted by Gasteiger charge is 2.33. The van der Waals surface area contributed by atoms with E-state index in [1.54, 1.807) is 0 Å². The van der Waals surface area contributed by atoms with Crippen LogP contribution in [0.5, 0.6) is 0 Å². The van der Waals surface area contributed by atoms with Gasteiger partial charge in [-0.25, -0.2) is 0 Å². The molecule has 2 heterocycles. The summed E-state index contributed by atoms with van der Waals surface area (Å²) in [5.74, 6) is 1.11. The molecule has 1 aromatic heterocycles. The summed E-state index contributed by atoms with van der Waals surface area (Å²) >= 11 is 5.72. The number of hydrogen-bond acceptors (Lipinski definition) is 4. The van der Waals surface area contributed by atoms with E-state index in [0.717, 1.165) is 46.0 Å². The molecule has 5 nitrogen and oxygen atoms in total. The highest BCUT2D eigenvalue weighted by Crippen LogP contribution is 2.38. The molecule has 6 heteroatoms. The maximum Gasteiger partial charge on any atom is 0.258 e. The van der Waals surface area contributed by atoms with E-state index in [1.807, 2.05) is 12.1 Å². The summed E-state index contributed by atoms with van der Waals surface area (Å²) in [7, 11) is 0. The number of aromatic nitrogens is 2. The van der Waals surface area contributed by atoms with E-state index < -0.39 is 0 Å². The van der Waals surface area contributed by atoms with Crippen LogP contribution in [0, 0.1) is 20.8 Å². The first-order chi connectivity index (χ1) is 14.9. The summed E-state index contributed by atoms with van der Waals surface area (Å²) in [5.41, 5.74) is 7.75. The Hall–Kier alpha value is -2.99.